The Morgan fingerprint density at radius 1 is 1.17 bits per heavy atom. The lowest BCUT2D eigenvalue weighted by atomic mass is 9.85. The van der Waals surface area contributed by atoms with E-state index in [-0.39, 0.29) is 17.6 Å². The van der Waals surface area contributed by atoms with Crippen LogP contribution in [0.15, 0.2) is 30.3 Å². The quantitative estimate of drug-likeness (QED) is 0.720. The number of fused-ring (bicyclic) bond motifs is 1. The van der Waals surface area contributed by atoms with Gasteiger partial charge < -0.3 is 4.74 Å². The normalized spacial score (nSPS) is 14.5. The zero-order valence-electron chi connectivity index (χ0n) is 12.9. The van der Waals surface area contributed by atoms with Crippen LogP contribution in [0.25, 0.3) is 11.3 Å². The molecule has 1 aliphatic rings. The summed E-state index contributed by atoms with van der Waals surface area (Å²) in [6, 6.07) is 7.01. The molecule has 0 saturated carbocycles. The summed E-state index contributed by atoms with van der Waals surface area (Å²) in [6.07, 6.45) is 0. The topological polar surface area (TPSA) is 22.1 Å². The number of ether oxygens (including phenoxy) is 1. The van der Waals surface area contributed by atoms with E-state index >= 15 is 0 Å². The lowest BCUT2D eigenvalue weighted by Gasteiger charge is -2.19. The van der Waals surface area contributed by atoms with Gasteiger partial charge in [0, 0.05) is 11.1 Å². The van der Waals surface area contributed by atoms with Gasteiger partial charge in [0.25, 0.3) is 0 Å². The van der Waals surface area contributed by atoms with Crippen molar-refractivity contribution in [3.8, 4) is 17.0 Å². The van der Waals surface area contributed by atoms with Crippen molar-refractivity contribution >= 4 is 11.6 Å². The fraction of sp³-hybridized carbons (Fsp3) is 0.353. The minimum Gasteiger partial charge on any atom is -0.490 e. The summed E-state index contributed by atoms with van der Waals surface area (Å²) in [6.45, 7) is 2.12. The molecule has 0 radical (unpaired) electrons. The van der Waals surface area contributed by atoms with Gasteiger partial charge in [-0.3, -0.25) is 0 Å². The molecule has 23 heavy (non-hydrogen) atoms. The van der Waals surface area contributed by atoms with Gasteiger partial charge in [0.2, 0.25) is 0 Å². The lowest BCUT2D eigenvalue weighted by Crippen LogP contribution is -2.33. The molecule has 0 amide bonds. The first-order chi connectivity index (χ1) is 11.1. The van der Waals surface area contributed by atoms with Crippen molar-refractivity contribution < 1.29 is 17.9 Å². The summed E-state index contributed by atoms with van der Waals surface area (Å²) in [4.78, 5) is 4.15. The maximum atomic E-state index is 13.3. The molecule has 0 unspecified atom stereocenters. The SMILES string of the molecule is CC.FCC1(CF)COc2c1cc(Cl)nc2-c1ccc(F)cc1. The van der Waals surface area contributed by atoms with E-state index in [1.807, 2.05) is 13.8 Å². The highest BCUT2D eigenvalue weighted by atomic mass is 35.5. The molecule has 2 nitrogen and oxygen atoms in total. The Hall–Kier alpha value is -1.75. The van der Waals surface area contributed by atoms with Gasteiger partial charge in [-0.05, 0) is 30.3 Å². The number of benzene rings is 1. The largest absolute Gasteiger partial charge is 0.490 e. The molecular weight excluding hydrogens is 327 g/mol. The highest BCUT2D eigenvalue weighted by molar-refractivity contribution is 6.29. The van der Waals surface area contributed by atoms with Gasteiger partial charge in [-0.15, -0.1) is 0 Å². The molecule has 1 aliphatic heterocycles. The van der Waals surface area contributed by atoms with Crippen LogP contribution in [0.3, 0.4) is 0 Å². The molecule has 2 aromatic rings. The molecule has 124 valence electrons. The van der Waals surface area contributed by atoms with Gasteiger partial charge in [-0.25, -0.2) is 18.2 Å². The Bertz CT molecular complexity index is 672. The highest BCUT2D eigenvalue weighted by Crippen LogP contribution is 2.45. The Morgan fingerprint density at radius 3 is 2.35 bits per heavy atom. The van der Waals surface area contributed by atoms with Gasteiger partial charge in [-0.1, -0.05) is 25.4 Å². The molecule has 0 atom stereocenters. The van der Waals surface area contributed by atoms with Crippen LogP contribution in [0.5, 0.6) is 5.75 Å². The van der Waals surface area contributed by atoms with Gasteiger partial charge in [0.15, 0.2) is 0 Å². The third-order valence-corrected chi connectivity index (χ3v) is 3.83. The monoisotopic (exact) mass is 343 g/mol. The summed E-state index contributed by atoms with van der Waals surface area (Å²) < 4.78 is 45.1. The first-order valence-corrected chi connectivity index (χ1v) is 7.69. The first kappa shape index (κ1) is 17.6. The average molecular weight is 344 g/mol. The van der Waals surface area contributed by atoms with Gasteiger partial charge >= 0.3 is 0 Å². The second-order valence-corrected chi connectivity index (χ2v) is 5.40. The molecule has 2 heterocycles. The number of aromatic nitrogens is 1. The molecule has 0 N–H and O–H groups in total. The first-order valence-electron chi connectivity index (χ1n) is 7.31. The summed E-state index contributed by atoms with van der Waals surface area (Å²) in [5.41, 5.74) is -0.0341. The van der Waals surface area contributed by atoms with Gasteiger partial charge in [0.05, 0.1) is 5.41 Å². The van der Waals surface area contributed by atoms with Crippen LogP contribution < -0.4 is 4.74 Å². The third-order valence-electron chi connectivity index (χ3n) is 3.64. The van der Waals surface area contributed by atoms with Crippen LogP contribution in [0, 0.1) is 5.82 Å². The zero-order valence-corrected chi connectivity index (χ0v) is 13.6. The van der Waals surface area contributed by atoms with E-state index in [1.165, 1.54) is 30.3 Å². The molecule has 0 spiro atoms. The summed E-state index contributed by atoms with van der Waals surface area (Å²) in [5.74, 6) is -0.0819. The van der Waals surface area contributed by atoms with E-state index in [1.54, 1.807) is 0 Å². The number of nitrogens with zero attached hydrogens (tertiary/aromatic N) is 1. The average Bonchev–Trinajstić information content (AvgIpc) is 2.96. The van der Waals surface area contributed by atoms with Crippen LogP contribution in [-0.2, 0) is 5.41 Å². The van der Waals surface area contributed by atoms with E-state index < -0.39 is 18.8 Å². The van der Waals surface area contributed by atoms with Crippen molar-refractivity contribution in [3.63, 3.8) is 0 Å². The molecule has 0 aliphatic carbocycles. The molecule has 1 aromatic carbocycles. The van der Waals surface area contributed by atoms with Gasteiger partial charge in [0.1, 0.15) is 42.4 Å². The molecule has 0 bridgehead atoms. The predicted octanol–water partition coefficient (Wildman–Crippen LogP) is 5.14. The molecule has 1 aromatic heterocycles. The second kappa shape index (κ2) is 7.21. The van der Waals surface area contributed by atoms with E-state index in [9.17, 15) is 13.2 Å². The van der Waals surface area contributed by atoms with Crippen molar-refractivity contribution in [2.45, 2.75) is 19.3 Å². The third kappa shape index (κ3) is 3.15. The Kier molecular flexibility index (Phi) is 5.52. The fourth-order valence-corrected chi connectivity index (χ4v) is 2.58. The maximum absolute atomic E-state index is 13.3. The number of alkyl halides is 2. The van der Waals surface area contributed by atoms with Crippen LogP contribution >= 0.6 is 11.6 Å². The van der Waals surface area contributed by atoms with E-state index in [2.05, 4.69) is 4.98 Å². The smallest absolute Gasteiger partial charge is 0.149 e. The van der Waals surface area contributed by atoms with Gasteiger partial charge in [-0.2, -0.15) is 0 Å². The van der Waals surface area contributed by atoms with Crippen molar-refractivity contribution in [1.29, 1.82) is 0 Å². The minimum atomic E-state index is -1.34. The van der Waals surface area contributed by atoms with Crippen LogP contribution in [0.4, 0.5) is 13.2 Å². The van der Waals surface area contributed by atoms with Crippen molar-refractivity contribution in [2.24, 2.45) is 0 Å². The van der Waals surface area contributed by atoms with E-state index in [0.29, 0.717) is 22.6 Å². The second-order valence-electron chi connectivity index (χ2n) is 5.01. The molecule has 0 fully saturated rings. The number of rotatable bonds is 3. The zero-order chi connectivity index (χ0) is 17.0. The summed E-state index contributed by atoms with van der Waals surface area (Å²) >= 11 is 5.97. The molecular formula is C17H17ClF3NO. The number of pyridine rings is 1. The molecule has 0 saturated heterocycles. The summed E-state index contributed by atoms with van der Waals surface area (Å²) in [5, 5.41) is 0.116. The maximum Gasteiger partial charge on any atom is 0.149 e. The Morgan fingerprint density at radius 2 is 1.78 bits per heavy atom. The number of hydrogen-bond donors (Lipinski definition) is 0. The standard InChI is InChI=1S/C15H11ClF3NO.C2H6/c16-12-5-11-14(21-8-15(11,6-17)7-18)13(20-12)9-1-3-10(19)4-2-9;1-2/h1-5H,6-8H2;1-2H3. The van der Waals surface area contributed by atoms with Crippen molar-refractivity contribution in [3.05, 3.63) is 46.9 Å². The molecule has 6 heteroatoms. The predicted molar refractivity (Wildman–Crippen MR) is 85.1 cm³/mol. The number of halogens is 4. The number of hydrogen-bond acceptors (Lipinski definition) is 2. The van der Waals surface area contributed by atoms with Crippen molar-refractivity contribution in [2.75, 3.05) is 20.0 Å². The molecule has 3 rings (SSSR count). The van der Waals surface area contributed by atoms with Crippen LogP contribution in [-0.4, -0.2) is 24.9 Å². The minimum absolute atomic E-state index is 0.106. The van der Waals surface area contributed by atoms with E-state index in [0.717, 1.165) is 0 Å². The fourth-order valence-electron chi connectivity index (χ4n) is 2.39. The van der Waals surface area contributed by atoms with Crippen LogP contribution in [0.2, 0.25) is 5.15 Å². The Labute approximate surface area is 138 Å². The van der Waals surface area contributed by atoms with E-state index in [4.69, 9.17) is 16.3 Å². The summed E-state index contributed by atoms with van der Waals surface area (Å²) in [7, 11) is 0. The van der Waals surface area contributed by atoms with Crippen LogP contribution in [0.1, 0.15) is 19.4 Å². The van der Waals surface area contributed by atoms with Crippen molar-refractivity contribution in [1.82, 2.24) is 4.98 Å². The Balaban J connectivity index is 0.000000924. The highest BCUT2D eigenvalue weighted by Gasteiger charge is 2.43. The lowest BCUT2D eigenvalue weighted by molar-refractivity contribution is 0.185.